The van der Waals surface area contributed by atoms with E-state index in [1.807, 2.05) is 18.2 Å². The minimum absolute atomic E-state index is 0.0842. The van der Waals surface area contributed by atoms with Gasteiger partial charge in [-0.15, -0.1) is 0 Å². The van der Waals surface area contributed by atoms with Crippen LogP contribution in [0.4, 0.5) is 5.69 Å². The third kappa shape index (κ3) is 2.08. The summed E-state index contributed by atoms with van der Waals surface area (Å²) in [6.07, 6.45) is 0.901. The molecule has 0 bridgehead atoms. The number of hydrogen-bond acceptors (Lipinski definition) is 4. The molecule has 0 aliphatic carbocycles. The second kappa shape index (κ2) is 5.18. The van der Waals surface area contributed by atoms with Crippen molar-refractivity contribution >= 4 is 5.69 Å². The van der Waals surface area contributed by atoms with Crippen LogP contribution in [0.5, 0.6) is 11.5 Å². The van der Waals surface area contributed by atoms with E-state index in [1.165, 1.54) is 0 Å². The van der Waals surface area contributed by atoms with Crippen LogP contribution >= 0.6 is 0 Å². The average Bonchev–Trinajstić information content (AvgIpc) is 2.78. The first-order chi connectivity index (χ1) is 8.71. The van der Waals surface area contributed by atoms with Gasteiger partial charge in [-0.2, -0.15) is 5.26 Å². The quantitative estimate of drug-likeness (QED) is 0.821. The fourth-order valence-electron chi connectivity index (χ4n) is 2.47. The molecule has 0 aromatic heterocycles. The lowest BCUT2D eigenvalue weighted by Gasteiger charge is -2.26. The third-order valence-corrected chi connectivity index (χ3v) is 3.62. The number of nitriles is 1. The van der Waals surface area contributed by atoms with Gasteiger partial charge in [-0.1, -0.05) is 0 Å². The molecule has 1 aromatic rings. The van der Waals surface area contributed by atoms with Crippen molar-refractivity contribution < 1.29 is 9.47 Å². The summed E-state index contributed by atoms with van der Waals surface area (Å²) < 4.78 is 10.6. The maximum Gasteiger partial charge on any atom is 0.142 e. The molecule has 1 fully saturated rings. The number of rotatable bonds is 3. The summed E-state index contributed by atoms with van der Waals surface area (Å²) in [4.78, 5) is 2.22. The van der Waals surface area contributed by atoms with E-state index in [4.69, 9.17) is 14.7 Å². The van der Waals surface area contributed by atoms with Gasteiger partial charge in [-0.05, 0) is 25.5 Å². The number of nitrogens with zero attached hydrogens (tertiary/aromatic N) is 2. The third-order valence-electron chi connectivity index (χ3n) is 3.62. The van der Waals surface area contributed by atoms with Gasteiger partial charge in [-0.3, -0.25) is 0 Å². The van der Waals surface area contributed by atoms with Gasteiger partial charge in [0.05, 0.1) is 31.9 Å². The summed E-state index contributed by atoms with van der Waals surface area (Å²) in [5.41, 5.74) is 1.00. The Morgan fingerprint density at radius 3 is 2.67 bits per heavy atom. The summed E-state index contributed by atoms with van der Waals surface area (Å²) in [5, 5.41) is 9.10. The number of ether oxygens (including phenoxy) is 2. The molecule has 1 aliphatic heterocycles. The Morgan fingerprint density at radius 1 is 1.33 bits per heavy atom. The van der Waals surface area contributed by atoms with Crippen LogP contribution in [-0.2, 0) is 0 Å². The number of methoxy groups -OCH3 is 2. The molecule has 1 saturated heterocycles. The van der Waals surface area contributed by atoms with E-state index in [0.29, 0.717) is 0 Å². The molecule has 0 saturated carbocycles. The van der Waals surface area contributed by atoms with Crippen LogP contribution in [0.2, 0.25) is 0 Å². The van der Waals surface area contributed by atoms with E-state index in [1.54, 1.807) is 14.2 Å². The van der Waals surface area contributed by atoms with E-state index in [-0.39, 0.29) is 12.0 Å². The van der Waals surface area contributed by atoms with Crippen molar-refractivity contribution in [1.82, 2.24) is 0 Å². The fraction of sp³-hybridized carbons (Fsp3) is 0.500. The molecule has 0 N–H and O–H groups in total. The van der Waals surface area contributed by atoms with Gasteiger partial charge in [0, 0.05) is 18.7 Å². The highest BCUT2D eigenvalue weighted by Crippen LogP contribution is 2.37. The minimum atomic E-state index is 0.0842. The zero-order valence-corrected chi connectivity index (χ0v) is 11.0. The van der Waals surface area contributed by atoms with Gasteiger partial charge in [-0.25, -0.2) is 0 Å². The van der Waals surface area contributed by atoms with E-state index in [0.717, 1.165) is 30.2 Å². The van der Waals surface area contributed by atoms with Crippen LogP contribution in [-0.4, -0.2) is 26.8 Å². The normalized spacial score (nSPS) is 22.7. The predicted molar refractivity (Wildman–Crippen MR) is 70.1 cm³/mol. The van der Waals surface area contributed by atoms with Crippen molar-refractivity contribution in [2.24, 2.45) is 5.92 Å². The van der Waals surface area contributed by atoms with Crippen molar-refractivity contribution in [1.29, 1.82) is 5.26 Å². The first-order valence-electron chi connectivity index (χ1n) is 6.09. The highest BCUT2D eigenvalue weighted by molar-refractivity contribution is 5.63. The second-order valence-corrected chi connectivity index (χ2v) is 4.50. The molecular formula is C14H18N2O2. The smallest absolute Gasteiger partial charge is 0.142 e. The van der Waals surface area contributed by atoms with Gasteiger partial charge < -0.3 is 14.4 Å². The monoisotopic (exact) mass is 246 g/mol. The van der Waals surface area contributed by atoms with Crippen LogP contribution < -0.4 is 14.4 Å². The predicted octanol–water partition coefficient (Wildman–Crippen LogP) is 2.44. The van der Waals surface area contributed by atoms with Crippen LogP contribution in [0.15, 0.2) is 18.2 Å². The Hall–Kier alpha value is -1.89. The molecule has 2 rings (SSSR count). The number of benzene rings is 1. The Bertz CT molecular complexity index is 467. The molecule has 2 unspecified atom stereocenters. The molecule has 0 amide bonds. The molecular weight excluding hydrogens is 228 g/mol. The van der Waals surface area contributed by atoms with Crippen molar-refractivity contribution in [2.45, 2.75) is 19.4 Å². The maximum absolute atomic E-state index is 9.10. The first kappa shape index (κ1) is 12.6. The van der Waals surface area contributed by atoms with Crippen molar-refractivity contribution in [3.63, 3.8) is 0 Å². The van der Waals surface area contributed by atoms with Crippen LogP contribution in [0.25, 0.3) is 0 Å². The lowest BCUT2D eigenvalue weighted by Crippen LogP contribution is -2.29. The summed E-state index contributed by atoms with van der Waals surface area (Å²) in [7, 11) is 3.31. The van der Waals surface area contributed by atoms with Crippen molar-refractivity contribution in [3.8, 4) is 17.6 Å². The summed E-state index contributed by atoms with van der Waals surface area (Å²) >= 11 is 0. The molecule has 4 nitrogen and oxygen atoms in total. The van der Waals surface area contributed by atoms with E-state index < -0.39 is 0 Å². The maximum atomic E-state index is 9.10. The van der Waals surface area contributed by atoms with E-state index in [9.17, 15) is 0 Å². The van der Waals surface area contributed by atoms with Crippen LogP contribution in [0.1, 0.15) is 13.3 Å². The molecule has 1 aliphatic rings. The molecule has 1 aromatic carbocycles. The number of anilines is 1. The summed E-state index contributed by atoms with van der Waals surface area (Å²) in [5.74, 6) is 1.71. The second-order valence-electron chi connectivity index (χ2n) is 4.50. The van der Waals surface area contributed by atoms with Crippen molar-refractivity contribution in [3.05, 3.63) is 18.2 Å². The first-order valence-corrected chi connectivity index (χ1v) is 6.09. The Morgan fingerprint density at radius 2 is 2.11 bits per heavy atom. The van der Waals surface area contributed by atoms with Gasteiger partial charge in [0.2, 0.25) is 0 Å². The molecule has 4 heteroatoms. The van der Waals surface area contributed by atoms with E-state index in [2.05, 4.69) is 17.9 Å². The molecule has 2 atom stereocenters. The molecule has 18 heavy (non-hydrogen) atoms. The summed E-state index contributed by atoms with van der Waals surface area (Å²) in [6, 6.07) is 8.32. The topological polar surface area (TPSA) is 45.5 Å². The standard InChI is InChI=1S/C14H18N2O2/c1-10-11(9-15)6-7-16(10)13-8-12(17-2)4-5-14(13)18-3/h4-5,8,10-11H,6-7H2,1-3H3. The Balaban J connectivity index is 2.35. The van der Waals surface area contributed by atoms with Gasteiger partial charge in [0.1, 0.15) is 11.5 Å². The number of hydrogen-bond donors (Lipinski definition) is 0. The lowest BCUT2D eigenvalue weighted by molar-refractivity contribution is 0.402. The fourth-order valence-corrected chi connectivity index (χ4v) is 2.47. The largest absolute Gasteiger partial charge is 0.497 e. The van der Waals surface area contributed by atoms with Gasteiger partial charge in [0.15, 0.2) is 0 Å². The molecule has 96 valence electrons. The molecule has 1 heterocycles. The Kier molecular flexibility index (Phi) is 3.61. The SMILES string of the molecule is COc1ccc(OC)c(N2CCC(C#N)C2C)c1. The lowest BCUT2D eigenvalue weighted by atomic mass is 10.0. The Labute approximate surface area is 108 Å². The molecule has 0 spiro atoms. The highest BCUT2D eigenvalue weighted by atomic mass is 16.5. The minimum Gasteiger partial charge on any atom is -0.497 e. The zero-order chi connectivity index (χ0) is 13.1. The molecule has 0 radical (unpaired) electrons. The highest BCUT2D eigenvalue weighted by Gasteiger charge is 2.32. The average molecular weight is 246 g/mol. The van der Waals surface area contributed by atoms with E-state index >= 15 is 0 Å². The summed E-state index contributed by atoms with van der Waals surface area (Å²) in [6.45, 7) is 2.96. The zero-order valence-electron chi connectivity index (χ0n) is 11.0. The van der Waals surface area contributed by atoms with Crippen molar-refractivity contribution in [2.75, 3.05) is 25.7 Å². The van der Waals surface area contributed by atoms with Gasteiger partial charge >= 0.3 is 0 Å². The van der Waals surface area contributed by atoms with Crippen LogP contribution in [0.3, 0.4) is 0 Å². The van der Waals surface area contributed by atoms with Crippen LogP contribution in [0, 0.1) is 17.2 Å². The van der Waals surface area contributed by atoms with Gasteiger partial charge in [0.25, 0.3) is 0 Å².